The summed E-state index contributed by atoms with van der Waals surface area (Å²) >= 11 is 0. The molecule has 2 aliphatic rings. The second kappa shape index (κ2) is 6.03. The van der Waals surface area contributed by atoms with E-state index < -0.39 is 0 Å². The monoisotopic (exact) mass is 329 g/mol. The number of carbonyl (C=O) groups excluding carboxylic acids is 1. The predicted octanol–water partition coefficient (Wildman–Crippen LogP) is 3.16. The molecule has 7 nitrogen and oxygen atoms in total. The van der Waals surface area contributed by atoms with Crippen LogP contribution < -0.4 is 0 Å². The number of amides is 1. The number of rotatable bonds is 4. The van der Waals surface area contributed by atoms with Crippen LogP contribution in [-0.4, -0.2) is 37.7 Å². The molecule has 0 radical (unpaired) electrons. The van der Waals surface area contributed by atoms with E-state index >= 15 is 0 Å². The summed E-state index contributed by atoms with van der Waals surface area (Å²) in [4.78, 5) is 19.3. The molecule has 0 aromatic carbocycles. The molecule has 1 atom stereocenters. The summed E-state index contributed by atoms with van der Waals surface area (Å²) in [5, 5.41) is 11.3. The van der Waals surface area contributed by atoms with Gasteiger partial charge in [0, 0.05) is 24.1 Å². The predicted molar refractivity (Wildman–Crippen MR) is 86.6 cm³/mol. The first-order valence-electron chi connectivity index (χ1n) is 8.83. The van der Waals surface area contributed by atoms with E-state index in [9.17, 15) is 4.79 Å². The molecule has 7 heteroatoms. The Morgan fingerprint density at radius 2 is 2.17 bits per heavy atom. The minimum absolute atomic E-state index is 0.0489. The Bertz CT molecular complexity index is 731. The maximum absolute atomic E-state index is 12.9. The quantitative estimate of drug-likeness (QED) is 0.931. The standard InChI is InChI=1S/C17H23N5O2/c1-10(2)15-18-16(24-21-15)14-5-3-4-8-22(14)17(23)13-9-12(19-20-13)11-6-7-11/h9-11,14H,3-8H2,1-2H3,(H,19,20). The number of aromatic amines is 1. The number of hydrogen-bond acceptors (Lipinski definition) is 5. The summed E-state index contributed by atoms with van der Waals surface area (Å²) in [6.07, 6.45) is 5.27. The van der Waals surface area contributed by atoms with Crippen molar-refractivity contribution in [3.8, 4) is 0 Å². The highest BCUT2D eigenvalue weighted by molar-refractivity contribution is 5.92. The Labute approximate surface area is 140 Å². The Balaban J connectivity index is 1.56. The largest absolute Gasteiger partial charge is 0.337 e. The van der Waals surface area contributed by atoms with Crippen LogP contribution in [0.3, 0.4) is 0 Å². The molecule has 1 N–H and O–H groups in total. The summed E-state index contributed by atoms with van der Waals surface area (Å²) in [7, 11) is 0. The second-order valence-electron chi connectivity index (χ2n) is 7.14. The SMILES string of the molecule is CC(C)c1noc(C2CCCCN2C(=O)c2cc(C3CC3)[nH]n2)n1. The highest BCUT2D eigenvalue weighted by atomic mass is 16.5. The van der Waals surface area contributed by atoms with Gasteiger partial charge in [-0.3, -0.25) is 9.89 Å². The first-order chi connectivity index (χ1) is 11.6. The van der Waals surface area contributed by atoms with Crippen molar-refractivity contribution >= 4 is 5.91 Å². The van der Waals surface area contributed by atoms with Crippen molar-refractivity contribution in [2.75, 3.05) is 6.54 Å². The lowest BCUT2D eigenvalue weighted by molar-refractivity contribution is 0.0555. The molecule has 0 spiro atoms. The van der Waals surface area contributed by atoms with Crippen LogP contribution in [0.15, 0.2) is 10.6 Å². The lowest BCUT2D eigenvalue weighted by Crippen LogP contribution is -2.38. The Morgan fingerprint density at radius 1 is 1.33 bits per heavy atom. The zero-order valence-electron chi connectivity index (χ0n) is 14.2. The summed E-state index contributed by atoms with van der Waals surface area (Å²) < 4.78 is 5.45. The highest BCUT2D eigenvalue weighted by Gasteiger charge is 2.34. The van der Waals surface area contributed by atoms with Gasteiger partial charge in [-0.2, -0.15) is 10.1 Å². The molecular weight excluding hydrogens is 306 g/mol. The molecule has 2 aromatic rings. The van der Waals surface area contributed by atoms with Crippen molar-refractivity contribution in [1.82, 2.24) is 25.2 Å². The highest BCUT2D eigenvalue weighted by Crippen LogP contribution is 2.39. The smallest absolute Gasteiger partial charge is 0.275 e. The summed E-state index contributed by atoms with van der Waals surface area (Å²) in [6.45, 7) is 4.76. The maximum Gasteiger partial charge on any atom is 0.275 e. The molecule has 1 aliphatic carbocycles. The number of carbonyl (C=O) groups is 1. The molecule has 0 bridgehead atoms. The fourth-order valence-corrected chi connectivity index (χ4v) is 3.25. The lowest BCUT2D eigenvalue weighted by atomic mass is 10.0. The topological polar surface area (TPSA) is 87.9 Å². The van der Waals surface area contributed by atoms with Crippen LogP contribution in [0, 0.1) is 0 Å². The molecule has 1 saturated heterocycles. The minimum Gasteiger partial charge on any atom is -0.337 e. The third-order valence-corrected chi connectivity index (χ3v) is 4.86. The average Bonchev–Trinajstić information content (AvgIpc) is 3.13. The fraction of sp³-hybridized carbons (Fsp3) is 0.647. The molecule has 1 saturated carbocycles. The van der Waals surface area contributed by atoms with Crippen LogP contribution in [0.5, 0.6) is 0 Å². The molecule has 2 aromatic heterocycles. The van der Waals surface area contributed by atoms with Gasteiger partial charge >= 0.3 is 0 Å². The van der Waals surface area contributed by atoms with Gasteiger partial charge in [-0.25, -0.2) is 0 Å². The van der Waals surface area contributed by atoms with Gasteiger partial charge in [0.2, 0.25) is 5.89 Å². The van der Waals surface area contributed by atoms with Crippen molar-refractivity contribution in [1.29, 1.82) is 0 Å². The van der Waals surface area contributed by atoms with Crippen LogP contribution in [0.1, 0.15) is 91.7 Å². The summed E-state index contributed by atoms with van der Waals surface area (Å²) in [5.41, 5.74) is 1.57. The van der Waals surface area contributed by atoms with Gasteiger partial charge in [0.15, 0.2) is 5.82 Å². The number of hydrogen-bond donors (Lipinski definition) is 1. The van der Waals surface area contributed by atoms with E-state index in [0.717, 1.165) is 25.0 Å². The van der Waals surface area contributed by atoms with Crippen LogP contribution >= 0.6 is 0 Å². The Morgan fingerprint density at radius 3 is 2.88 bits per heavy atom. The molecule has 1 amide bonds. The zero-order valence-corrected chi connectivity index (χ0v) is 14.2. The molecule has 4 rings (SSSR count). The Kier molecular flexibility index (Phi) is 3.86. The van der Waals surface area contributed by atoms with Crippen molar-refractivity contribution in [2.24, 2.45) is 0 Å². The van der Waals surface area contributed by atoms with Gasteiger partial charge in [-0.1, -0.05) is 19.0 Å². The molecule has 128 valence electrons. The number of nitrogens with one attached hydrogen (secondary N) is 1. The first-order valence-corrected chi connectivity index (χ1v) is 8.83. The summed E-state index contributed by atoms with van der Waals surface area (Å²) in [5.74, 6) is 1.96. The van der Waals surface area contributed by atoms with Gasteiger partial charge in [-0.15, -0.1) is 0 Å². The number of aromatic nitrogens is 4. The average molecular weight is 329 g/mol. The van der Waals surface area contributed by atoms with Crippen molar-refractivity contribution < 1.29 is 9.32 Å². The van der Waals surface area contributed by atoms with Gasteiger partial charge < -0.3 is 9.42 Å². The van der Waals surface area contributed by atoms with Gasteiger partial charge in [-0.05, 0) is 38.2 Å². The van der Waals surface area contributed by atoms with Crippen LogP contribution in [0.4, 0.5) is 0 Å². The molecular formula is C17H23N5O2. The van der Waals surface area contributed by atoms with Crippen LogP contribution in [0.2, 0.25) is 0 Å². The number of nitrogens with zero attached hydrogens (tertiary/aromatic N) is 4. The van der Waals surface area contributed by atoms with E-state index in [0.29, 0.717) is 29.9 Å². The molecule has 24 heavy (non-hydrogen) atoms. The van der Waals surface area contributed by atoms with E-state index in [1.54, 1.807) is 0 Å². The maximum atomic E-state index is 12.9. The number of likely N-dealkylation sites (tertiary alicyclic amines) is 1. The van der Waals surface area contributed by atoms with E-state index in [1.165, 1.54) is 12.8 Å². The van der Waals surface area contributed by atoms with Crippen molar-refractivity contribution in [2.45, 2.75) is 63.8 Å². The van der Waals surface area contributed by atoms with E-state index in [1.807, 2.05) is 24.8 Å². The van der Waals surface area contributed by atoms with E-state index in [4.69, 9.17) is 4.52 Å². The van der Waals surface area contributed by atoms with Crippen molar-refractivity contribution in [3.05, 3.63) is 29.2 Å². The molecule has 1 aliphatic heterocycles. The summed E-state index contributed by atoms with van der Waals surface area (Å²) in [6, 6.07) is 1.76. The lowest BCUT2D eigenvalue weighted by Gasteiger charge is -2.32. The fourth-order valence-electron chi connectivity index (χ4n) is 3.25. The van der Waals surface area contributed by atoms with Crippen molar-refractivity contribution in [3.63, 3.8) is 0 Å². The number of piperidine rings is 1. The molecule has 1 unspecified atom stereocenters. The van der Waals surface area contributed by atoms with E-state index in [2.05, 4.69) is 20.3 Å². The Hall–Kier alpha value is -2.18. The first kappa shape index (κ1) is 15.4. The molecule has 3 heterocycles. The number of H-pyrrole nitrogens is 1. The third kappa shape index (κ3) is 2.83. The van der Waals surface area contributed by atoms with Gasteiger partial charge in [0.25, 0.3) is 5.91 Å². The van der Waals surface area contributed by atoms with E-state index in [-0.39, 0.29) is 17.9 Å². The molecule has 2 fully saturated rings. The van der Waals surface area contributed by atoms with Gasteiger partial charge in [0.1, 0.15) is 11.7 Å². The van der Waals surface area contributed by atoms with Gasteiger partial charge in [0.05, 0.1) is 0 Å². The van der Waals surface area contributed by atoms with Crippen LogP contribution in [0.25, 0.3) is 0 Å². The van der Waals surface area contributed by atoms with Crippen LogP contribution in [-0.2, 0) is 0 Å². The third-order valence-electron chi connectivity index (χ3n) is 4.86. The minimum atomic E-state index is -0.146. The zero-order chi connectivity index (χ0) is 16.7. The second-order valence-corrected chi connectivity index (χ2v) is 7.14. The normalized spacial score (nSPS) is 21.5.